The van der Waals surface area contributed by atoms with Crippen molar-refractivity contribution in [2.24, 2.45) is 0 Å². The third kappa shape index (κ3) is 2.49. The second-order valence-corrected chi connectivity index (χ2v) is 3.96. The highest BCUT2D eigenvalue weighted by atomic mass is 16.4. The van der Waals surface area contributed by atoms with Crippen molar-refractivity contribution in [3.63, 3.8) is 0 Å². The second-order valence-electron chi connectivity index (χ2n) is 3.96. The van der Waals surface area contributed by atoms with Gasteiger partial charge in [0, 0.05) is 32.4 Å². The highest BCUT2D eigenvalue weighted by Crippen LogP contribution is 2.09. The minimum Gasteiger partial charge on any atom is -0.422 e. The molecule has 2 N–H and O–H groups in total. The van der Waals surface area contributed by atoms with E-state index in [0.717, 1.165) is 32.0 Å². The highest BCUT2D eigenvalue weighted by Gasteiger charge is 2.17. The van der Waals surface area contributed by atoms with Gasteiger partial charge in [0.1, 0.15) is 5.82 Å². The van der Waals surface area contributed by atoms with Gasteiger partial charge in [-0.15, -0.1) is 0 Å². The van der Waals surface area contributed by atoms with Crippen molar-refractivity contribution in [1.82, 2.24) is 14.9 Å². The lowest BCUT2D eigenvalue weighted by molar-refractivity contribution is 0.312. The van der Waals surface area contributed by atoms with Crippen LogP contribution in [0, 0.1) is 0 Å². The summed E-state index contributed by atoms with van der Waals surface area (Å²) >= 11 is 0. The molecular formula is C9H15BN4O2. The summed E-state index contributed by atoms with van der Waals surface area (Å²) in [6.07, 6.45) is 2.98. The van der Waals surface area contributed by atoms with Gasteiger partial charge < -0.3 is 19.8 Å². The maximum atomic E-state index is 8.89. The lowest BCUT2D eigenvalue weighted by Gasteiger charge is -2.32. The molecule has 0 atom stereocenters. The Balaban J connectivity index is 2.04. The zero-order valence-electron chi connectivity index (χ0n) is 9.24. The van der Waals surface area contributed by atoms with Crippen LogP contribution in [0.25, 0.3) is 0 Å². The van der Waals surface area contributed by atoms with Crippen molar-refractivity contribution in [1.29, 1.82) is 0 Å². The molecule has 1 aromatic rings. The van der Waals surface area contributed by atoms with Crippen LogP contribution in [0.1, 0.15) is 0 Å². The number of hydrogen-bond donors (Lipinski definition) is 2. The van der Waals surface area contributed by atoms with Crippen LogP contribution in [0.3, 0.4) is 0 Å². The van der Waals surface area contributed by atoms with Crippen LogP contribution < -0.4 is 10.5 Å². The number of rotatable bonds is 2. The van der Waals surface area contributed by atoms with Crippen molar-refractivity contribution in [3.8, 4) is 0 Å². The molecular weight excluding hydrogens is 207 g/mol. The van der Waals surface area contributed by atoms with Crippen LogP contribution in [-0.4, -0.2) is 65.3 Å². The lowest BCUT2D eigenvalue weighted by Crippen LogP contribution is -2.45. The maximum Gasteiger partial charge on any atom is 0.509 e. The molecule has 0 bridgehead atoms. The summed E-state index contributed by atoms with van der Waals surface area (Å²) in [6, 6.07) is 0. The molecule has 2 heterocycles. The molecule has 86 valence electrons. The Morgan fingerprint density at radius 1 is 1.12 bits per heavy atom. The summed E-state index contributed by atoms with van der Waals surface area (Å²) < 4.78 is 0. The quantitative estimate of drug-likeness (QED) is 0.559. The predicted octanol–water partition coefficient (Wildman–Crippen LogP) is -2.09. The minimum atomic E-state index is -1.55. The van der Waals surface area contributed by atoms with Gasteiger partial charge in [-0.25, -0.2) is 4.98 Å². The molecule has 1 aromatic heterocycles. The summed E-state index contributed by atoms with van der Waals surface area (Å²) in [5.41, 5.74) is 0.179. The van der Waals surface area contributed by atoms with Gasteiger partial charge in [-0.2, -0.15) is 0 Å². The number of likely N-dealkylation sites (N-methyl/N-ethyl adjacent to an activating group) is 1. The van der Waals surface area contributed by atoms with Crippen molar-refractivity contribution >= 4 is 18.5 Å². The first kappa shape index (κ1) is 11.3. The molecule has 0 aliphatic carbocycles. The van der Waals surface area contributed by atoms with Crippen molar-refractivity contribution in [3.05, 3.63) is 12.4 Å². The van der Waals surface area contributed by atoms with E-state index in [1.165, 1.54) is 6.20 Å². The number of piperazine rings is 1. The average molecular weight is 222 g/mol. The molecule has 6 nitrogen and oxygen atoms in total. The van der Waals surface area contributed by atoms with Crippen LogP contribution in [0.4, 0.5) is 5.82 Å². The highest BCUT2D eigenvalue weighted by molar-refractivity contribution is 6.57. The average Bonchev–Trinajstić information content (AvgIpc) is 2.30. The fraction of sp³-hybridized carbons (Fsp3) is 0.556. The van der Waals surface area contributed by atoms with E-state index in [1.807, 2.05) is 0 Å². The van der Waals surface area contributed by atoms with Crippen molar-refractivity contribution in [2.45, 2.75) is 0 Å². The zero-order valence-corrected chi connectivity index (χ0v) is 9.24. The topological polar surface area (TPSA) is 72.7 Å². The third-order valence-corrected chi connectivity index (χ3v) is 2.75. The summed E-state index contributed by atoms with van der Waals surface area (Å²) in [7, 11) is 0.544. The Morgan fingerprint density at radius 2 is 1.81 bits per heavy atom. The zero-order chi connectivity index (χ0) is 11.5. The van der Waals surface area contributed by atoms with Gasteiger partial charge >= 0.3 is 7.12 Å². The van der Waals surface area contributed by atoms with Gasteiger partial charge in [0.05, 0.1) is 11.8 Å². The van der Waals surface area contributed by atoms with Crippen LogP contribution in [-0.2, 0) is 0 Å². The Morgan fingerprint density at radius 3 is 2.31 bits per heavy atom. The molecule has 0 amide bonds. The Labute approximate surface area is 94.7 Å². The predicted molar refractivity (Wildman–Crippen MR) is 61.6 cm³/mol. The van der Waals surface area contributed by atoms with E-state index in [0.29, 0.717) is 0 Å². The van der Waals surface area contributed by atoms with E-state index in [2.05, 4.69) is 26.8 Å². The summed E-state index contributed by atoms with van der Waals surface area (Å²) in [5.74, 6) is 0.789. The summed E-state index contributed by atoms with van der Waals surface area (Å²) in [4.78, 5) is 12.5. The lowest BCUT2D eigenvalue weighted by atomic mass is 9.87. The normalized spacial score (nSPS) is 17.6. The molecule has 0 radical (unpaired) electrons. The van der Waals surface area contributed by atoms with Gasteiger partial charge in [0.15, 0.2) is 0 Å². The fourth-order valence-electron chi connectivity index (χ4n) is 1.66. The SMILES string of the molecule is CN1CCN(c2cnc(B(O)O)cn2)CC1. The smallest absolute Gasteiger partial charge is 0.422 e. The number of hydrogen-bond acceptors (Lipinski definition) is 6. The molecule has 1 saturated heterocycles. The molecule has 0 aromatic carbocycles. The van der Waals surface area contributed by atoms with Gasteiger partial charge in [-0.1, -0.05) is 0 Å². The van der Waals surface area contributed by atoms with E-state index < -0.39 is 7.12 Å². The van der Waals surface area contributed by atoms with E-state index in [4.69, 9.17) is 10.0 Å². The summed E-state index contributed by atoms with van der Waals surface area (Å²) in [5, 5.41) is 17.8. The van der Waals surface area contributed by atoms with Crippen LogP contribution in [0.2, 0.25) is 0 Å². The largest absolute Gasteiger partial charge is 0.509 e. The number of nitrogens with zero attached hydrogens (tertiary/aromatic N) is 4. The summed E-state index contributed by atoms with van der Waals surface area (Å²) in [6.45, 7) is 3.86. The first-order valence-electron chi connectivity index (χ1n) is 5.28. The van der Waals surface area contributed by atoms with Crippen LogP contribution >= 0.6 is 0 Å². The molecule has 1 aliphatic rings. The molecule has 16 heavy (non-hydrogen) atoms. The molecule has 0 saturated carbocycles. The van der Waals surface area contributed by atoms with Crippen LogP contribution in [0.5, 0.6) is 0 Å². The minimum absolute atomic E-state index is 0.179. The third-order valence-electron chi connectivity index (χ3n) is 2.75. The van der Waals surface area contributed by atoms with E-state index in [1.54, 1.807) is 6.20 Å². The number of aromatic nitrogens is 2. The van der Waals surface area contributed by atoms with Gasteiger partial charge in [0.25, 0.3) is 0 Å². The standard InChI is InChI=1S/C9H15BN4O2/c1-13-2-4-14(5-3-13)9-7-11-8(6-12-9)10(15)16/h6-7,15-16H,2-5H2,1H3. The molecule has 0 unspecified atom stereocenters. The van der Waals surface area contributed by atoms with E-state index >= 15 is 0 Å². The van der Waals surface area contributed by atoms with Crippen molar-refractivity contribution in [2.75, 3.05) is 38.1 Å². The molecule has 1 aliphatic heterocycles. The maximum absolute atomic E-state index is 8.89. The Bertz CT molecular complexity index is 338. The first-order valence-corrected chi connectivity index (χ1v) is 5.28. The Hall–Kier alpha value is -1.18. The second kappa shape index (κ2) is 4.77. The van der Waals surface area contributed by atoms with E-state index in [-0.39, 0.29) is 5.59 Å². The van der Waals surface area contributed by atoms with Crippen LogP contribution in [0.15, 0.2) is 12.4 Å². The van der Waals surface area contributed by atoms with Gasteiger partial charge in [-0.05, 0) is 7.05 Å². The molecule has 7 heteroatoms. The molecule has 2 rings (SSSR count). The Kier molecular flexibility index (Phi) is 3.38. The molecule has 1 fully saturated rings. The first-order chi connectivity index (χ1) is 7.66. The number of anilines is 1. The van der Waals surface area contributed by atoms with E-state index in [9.17, 15) is 0 Å². The van der Waals surface area contributed by atoms with Gasteiger partial charge in [-0.3, -0.25) is 4.98 Å². The monoisotopic (exact) mass is 222 g/mol. The van der Waals surface area contributed by atoms with Gasteiger partial charge in [0.2, 0.25) is 0 Å². The fourth-order valence-corrected chi connectivity index (χ4v) is 1.66. The van der Waals surface area contributed by atoms with Crippen molar-refractivity contribution < 1.29 is 10.0 Å². The molecule has 0 spiro atoms.